The minimum atomic E-state index is 0.568. The van der Waals surface area contributed by atoms with E-state index in [2.05, 4.69) is 30.3 Å². The van der Waals surface area contributed by atoms with Gasteiger partial charge in [0.15, 0.2) is 0 Å². The maximum Gasteiger partial charge on any atom is 0.123 e. The molecule has 0 aromatic carbocycles. The van der Waals surface area contributed by atoms with Gasteiger partial charge in [0.05, 0.1) is 6.54 Å². The van der Waals surface area contributed by atoms with E-state index < -0.39 is 0 Å². The summed E-state index contributed by atoms with van der Waals surface area (Å²) in [5, 5.41) is 0. The quantitative estimate of drug-likeness (QED) is 0.561. The summed E-state index contributed by atoms with van der Waals surface area (Å²) in [5.41, 5.74) is 0. The number of hydrogen-bond acceptors (Lipinski definition) is 2. The van der Waals surface area contributed by atoms with Gasteiger partial charge in [-0.1, -0.05) is 6.58 Å². The van der Waals surface area contributed by atoms with E-state index in [1.807, 2.05) is 6.08 Å². The molecule has 2 heteroatoms. The maximum atomic E-state index is 4.31. The molecule has 1 aliphatic heterocycles. The van der Waals surface area contributed by atoms with Crippen LogP contribution in [0, 0.1) is 0 Å². The third-order valence-corrected chi connectivity index (χ3v) is 1.87. The molecule has 0 spiro atoms. The zero-order valence-corrected chi connectivity index (χ0v) is 6.67. The van der Waals surface area contributed by atoms with Crippen LogP contribution in [0.5, 0.6) is 0 Å². The summed E-state index contributed by atoms with van der Waals surface area (Å²) in [6, 6.07) is 0.568. The van der Waals surface area contributed by atoms with Crippen LogP contribution < -0.4 is 0 Å². The molecule has 1 aliphatic rings. The van der Waals surface area contributed by atoms with Gasteiger partial charge in [0.2, 0.25) is 0 Å². The number of rotatable bonds is 2. The van der Waals surface area contributed by atoms with Crippen molar-refractivity contribution in [1.82, 2.24) is 4.90 Å². The Labute approximate surface area is 62.3 Å². The molecule has 1 heterocycles. The predicted molar refractivity (Wildman–Crippen MR) is 44.3 cm³/mol. The van der Waals surface area contributed by atoms with E-state index in [0.717, 1.165) is 18.9 Å². The van der Waals surface area contributed by atoms with E-state index in [0.29, 0.717) is 6.04 Å². The molecule has 0 fully saturated rings. The Bertz CT molecular complexity index is 161. The van der Waals surface area contributed by atoms with E-state index in [-0.39, 0.29) is 0 Å². The van der Waals surface area contributed by atoms with Crippen molar-refractivity contribution in [2.24, 2.45) is 4.99 Å². The maximum absolute atomic E-state index is 4.31. The Morgan fingerprint density at radius 1 is 1.90 bits per heavy atom. The van der Waals surface area contributed by atoms with Gasteiger partial charge in [-0.15, -0.1) is 0 Å². The van der Waals surface area contributed by atoms with Crippen molar-refractivity contribution in [2.45, 2.75) is 19.9 Å². The first-order valence-corrected chi connectivity index (χ1v) is 3.73. The van der Waals surface area contributed by atoms with Gasteiger partial charge in [-0.25, -0.2) is 0 Å². The van der Waals surface area contributed by atoms with Crippen molar-refractivity contribution in [3.63, 3.8) is 0 Å². The first-order chi connectivity index (χ1) is 4.79. The molecular formula is C8H14N2. The smallest absolute Gasteiger partial charge is 0.123 e. The van der Waals surface area contributed by atoms with Crippen LogP contribution in [0.3, 0.4) is 0 Å². The number of likely N-dealkylation sites (N-methyl/N-ethyl adjacent to an activating group) is 1. The largest absolute Gasteiger partial charge is 0.353 e. The average Bonchev–Trinajstić information content (AvgIpc) is 2.30. The number of hydrogen-bond donors (Lipinski definition) is 0. The molecule has 1 unspecified atom stereocenters. The highest BCUT2D eigenvalue weighted by atomic mass is 15.3. The number of nitrogens with zero attached hydrogens (tertiary/aromatic N) is 2. The van der Waals surface area contributed by atoms with Crippen molar-refractivity contribution >= 4 is 5.84 Å². The summed E-state index contributed by atoms with van der Waals surface area (Å²) in [4.78, 5) is 6.57. The first-order valence-electron chi connectivity index (χ1n) is 3.73. The summed E-state index contributed by atoms with van der Waals surface area (Å²) in [5.74, 6) is 1.05. The summed E-state index contributed by atoms with van der Waals surface area (Å²) >= 11 is 0. The monoisotopic (exact) mass is 138 g/mol. The molecule has 1 rings (SSSR count). The summed E-state index contributed by atoms with van der Waals surface area (Å²) in [6.07, 6.45) is 1.83. The first kappa shape index (κ1) is 7.32. The molecular weight excluding hydrogens is 124 g/mol. The molecule has 0 N–H and O–H groups in total. The summed E-state index contributed by atoms with van der Waals surface area (Å²) in [6.45, 7) is 9.99. The fraction of sp³-hybridized carbons (Fsp3) is 0.625. The highest BCUT2D eigenvalue weighted by Gasteiger charge is 2.19. The second-order valence-electron chi connectivity index (χ2n) is 2.54. The highest BCUT2D eigenvalue weighted by molar-refractivity contribution is 5.93. The normalized spacial score (nSPS) is 24.8. The fourth-order valence-electron chi connectivity index (χ4n) is 1.30. The standard InChI is InChI=1S/C8H14N2/c1-4-8-9-6-7(3)10(8)5-2/h4,7H,1,5-6H2,2-3H3. The van der Waals surface area contributed by atoms with E-state index in [9.17, 15) is 0 Å². The lowest BCUT2D eigenvalue weighted by Gasteiger charge is -2.21. The molecule has 0 aromatic heterocycles. The third-order valence-electron chi connectivity index (χ3n) is 1.87. The number of aliphatic imine (C=N–C) groups is 1. The van der Waals surface area contributed by atoms with Crippen LogP contribution in [0.25, 0.3) is 0 Å². The Hall–Kier alpha value is -0.790. The van der Waals surface area contributed by atoms with Gasteiger partial charge < -0.3 is 4.90 Å². The van der Waals surface area contributed by atoms with E-state index in [1.165, 1.54) is 0 Å². The Morgan fingerprint density at radius 3 is 3.00 bits per heavy atom. The zero-order chi connectivity index (χ0) is 7.56. The van der Waals surface area contributed by atoms with Gasteiger partial charge in [-0.2, -0.15) is 0 Å². The van der Waals surface area contributed by atoms with Gasteiger partial charge in [0, 0.05) is 12.6 Å². The van der Waals surface area contributed by atoms with Crippen molar-refractivity contribution < 1.29 is 0 Å². The van der Waals surface area contributed by atoms with Gasteiger partial charge in [0.1, 0.15) is 5.84 Å². The van der Waals surface area contributed by atoms with Crippen molar-refractivity contribution in [1.29, 1.82) is 0 Å². The van der Waals surface area contributed by atoms with Crippen LogP contribution >= 0.6 is 0 Å². The van der Waals surface area contributed by atoms with Crippen molar-refractivity contribution in [3.8, 4) is 0 Å². The van der Waals surface area contributed by atoms with E-state index in [1.54, 1.807) is 0 Å². The van der Waals surface area contributed by atoms with E-state index >= 15 is 0 Å². The molecule has 56 valence electrons. The molecule has 0 amide bonds. The molecule has 0 saturated heterocycles. The van der Waals surface area contributed by atoms with Crippen LogP contribution in [0.15, 0.2) is 17.6 Å². The SMILES string of the molecule is C=CC1=NCC(C)N1CC. The average molecular weight is 138 g/mol. The lowest BCUT2D eigenvalue weighted by atomic mass is 10.3. The second kappa shape index (κ2) is 2.86. The zero-order valence-electron chi connectivity index (χ0n) is 6.67. The van der Waals surface area contributed by atoms with Gasteiger partial charge in [-0.05, 0) is 19.9 Å². The summed E-state index contributed by atoms with van der Waals surface area (Å²) in [7, 11) is 0. The Balaban J connectivity index is 2.66. The van der Waals surface area contributed by atoms with Gasteiger partial charge >= 0.3 is 0 Å². The molecule has 0 radical (unpaired) electrons. The minimum Gasteiger partial charge on any atom is -0.353 e. The lowest BCUT2D eigenvalue weighted by Crippen LogP contribution is -2.33. The Morgan fingerprint density at radius 2 is 2.60 bits per heavy atom. The van der Waals surface area contributed by atoms with Gasteiger partial charge in [-0.3, -0.25) is 4.99 Å². The minimum absolute atomic E-state index is 0.568. The topological polar surface area (TPSA) is 15.6 Å². The van der Waals surface area contributed by atoms with E-state index in [4.69, 9.17) is 0 Å². The molecule has 2 nitrogen and oxygen atoms in total. The van der Waals surface area contributed by atoms with Crippen LogP contribution in [0.4, 0.5) is 0 Å². The lowest BCUT2D eigenvalue weighted by molar-refractivity contribution is 0.383. The molecule has 0 saturated carbocycles. The fourth-order valence-corrected chi connectivity index (χ4v) is 1.30. The molecule has 1 atom stereocenters. The second-order valence-corrected chi connectivity index (χ2v) is 2.54. The third kappa shape index (κ3) is 1.06. The van der Waals surface area contributed by atoms with Crippen LogP contribution in [0.1, 0.15) is 13.8 Å². The van der Waals surface area contributed by atoms with Crippen LogP contribution in [-0.2, 0) is 0 Å². The molecule has 0 aliphatic carbocycles. The van der Waals surface area contributed by atoms with Gasteiger partial charge in [0.25, 0.3) is 0 Å². The molecule has 0 bridgehead atoms. The predicted octanol–water partition coefficient (Wildman–Crippen LogP) is 1.29. The van der Waals surface area contributed by atoms with Crippen molar-refractivity contribution in [2.75, 3.05) is 13.1 Å². The van der Waals surface area contributed by atoms with Crippen LogP contribution in [-0.4, -0.2) is 29.9 Å². The Kier molecular flexibility index (Phi) is 2.10. The molecule has 10 heavy (non-hydrogen) atoms. The highest BCUT2D eigenvalue weighted by Crippen LogP contribution is 2.09. The number of amidine groups is 1. The van der Waals surface area contributed by atoms with Crippen molar-refractivity contribution in [3.05, 3.63) is 12.7 Å². The summed E-state index contributed by atoms with van der Waals surface area (Å²) < 4.78 is 0. The molecule has 0 aromatic rings. The van der Waals surface area contributed by atoms with Crippen LogP contribution in [0.2, 0.25) is 0 Å².